The molecule has 0 amide bonds. The molecule has 0 aliphatic rings. The number of halogens is 1. The Balaban J connectivity index is 0.000000168. The van der Waals surface area contributed by atoms with Gasteiger partial charge in [0, 0.05) is 35.7 Å². The van der Waals surface area contributed by atoms with Gasteiger partial charge in [-0.05, 0) is 206 Å². The minimum atomic E-state index is -1.40. The van der Waals surface area contributed by atoms with Crippen molar-refractivity contribution in [2.45, 2.75) is 80.4 Å². The molecule has 0 aliphatic carbocycles. The number of rotatable bonds is 24. The molecule has 0 fully saturated rings. The van der Waals surface area contributed by atoms with Crippen molar-refractivity contribution < 1.29 is 59.0 Å². The summed E-state index contributed by atoms with van der Waals surface area (Å²) in [5, 5.41) is 35.0. The fourth-order valence-electron chi connectivity index (χ4n) is 12.9. The molecule has 0 saturated carbocycles. The summed E-state index contributed by atoms with van der Waals surface area (Å²) in [6.07, 6.45) is 1.41. The third-order valence-corrected chi connectivity index (χ3v) is 31.0. The van der Waals surface area contributed by atoms with Gasteiger partial charge in [0.25, 0.3) is 0 Å². The van der Waals surface area contributed by atoms with Crippen LogP contribution in [0.3, 0.4) is 0 Å². The van der Waals surface area contributed by atoms with Crippen LogP contribution in [0.25, 0.3) is 10.6 Å². The van der Waals surface area contributed by atoms with Crippen LogP contribution in [-0.4, -0.2) is 65.5 Å². The first-order valence-corrected chi connectivity index (χ1v) is 49.7. The van der Waals surface area contributed by atoms with Gasteiger partial charge in [-0.2, -0.15) is 0 Å². The summed E-state index contributed by atoms with van der Waals surface area (Å²) in [4.78, 5) is 34.8. The number of benzene rings is 14. The monoisotopic (exact) mass is 1940 g/mol. The maximum atomic E-state index is 12.3. The zero-order valence-corrected chi connectivity index (χ0v) is 81.4. The summed E-state index contributed by atoms with van der Waals surface area (Å²) in [6.45, 7) is 15.8. The Morgan fingerprint density at radius 1 is 0.315 bits per heavy atom. The molecule has 650 valence electrons. The SMILES string of the molecule is CC(C)Cc1sc(Br)nc1C(=O)OC(C)C.COc1ccc(-c2nc(C(=O)OC(C)C)c(CC(C)C)s2)cc1.COc1ccc(B(O)O)cc1.[Pd].c1ccc(P(c2ccccc2)c2ccccc2)cc1.c1ccc(P(c2ccccc2)c2ccccc2)cc1.c1ccc(P(c2ccccc2)c2ccccc2)cc1.c1ccc(P(c2ccccc2)c2ccccc2)cc1. The molecule has 2 N–H and O–H groups in total. The molecule has 16 aromatic rings. The Kier molecular flexibility index (Phi) is 43.4. The van der Waals surface area contributed by atoms with Gasteiger partial charge in [-0.1, -0.05) is 404 Å². The number of aromatic nitrogens is 2. The van der Waals surface area contributed by atoms with E-state index < -0.39 is 38.8 Å². The van der Waals surface area contributed by atoms with Gasteiger partial charge in [-0.15, -0.1) is 22.7 Å². The van der Waals surface area contributed by atoms with Crippen LogP contribution in [0.2, 0.25) is 0 Å². The molecule has 16 rings (SSSR count). The topological polar surface area (TPSA) is 137 Å². The van der Waals surface area contributed by atoms with E-state index in [4.69, 9.17) is 29.0 Å². The van der Waals surface area contributed by atoms with Crippen LogP contribution in [0.5, 0.6) is 11.5 Å². The van der Waals surface area contributed by atoms with Gasteiger partial charge in [-0.3, -0.25) is 0 Å². The predicted octanol–water partition coefficient (Wildman–Crippen LogP) is 21.4. The number of hydrogen-bond acceptors (Lipinski definition) is 12. The van der Waals surface area contributed by atoms with Gasteiger partial charge in [-0.25, -0.2) is 19.6 Å². The molecular weight excluding hydrogens is 1840 g/mol. The second-order valence-electron chi connectivity index (χ2n) is 29.9. The van der Waals surface area contributed by atoms with Crippen LogP contribution < -0.4 is 78.6 Å². The maximum absolute atomic E-state index is 12.3. The number of carbonyl (C=O) groups is 2. The van der Waals surface area contributed by atoms with Crippen molar-refractivity contribution in [3.63, 3.8) is 0 Å². The number of carbonyl (C=O) groups excluding carboxylic acids is 2. The fraction of sp³-hybridized carbons (Fsp3) is 0.148. The van der Waals surface area contributed by atoms with E-state index in [1.54, 1.807) is 49.8 Å². The zero-order chi connectivity index (χ0) is 89.2. The van der Waals surface area contributed by atoms with E-state index in [0.717, 1.165) is 42.8 Å². The van der Waals surface area contributed by atoms with Crippen molar-refractivity contribution in [1.82, 2.24) is 9.97 Å². The third kappa shape index (κ3) is 32.8. The smallest absolute Gasteiger partial charge is 0.488 e. The molecular formula is C108H108BBrN2O8P4PdS2. The van der Waals surface area contributed by atoms with E-state index in [1.165, 1.54) is 75.0 Å². The largest absolute Gasteiger partial charge is 0.497 e. The number of ether oxygens (including phenoxy) is 4. The van der Waals surface area contributed by atoms with Gasteiger partial charge in [0.1, 0.15) is 16.5 Å². The molecule has 0 atom stereocenters. The van der Waals surface area contributed by atoms with Gasteiger partial charge in [0.05, 0.1) is 26.4 Å². The first kappa shape index (κ1) is 100. The number of esters is 2. The molecule has 0 radical (unpaired) electrons. The first-order valence-electron chi connectivity index (χ1n) is 41.9. The van der Waals surface area contributed by atoms with Crippen LogP contribution in [-0.2, 0) is 42.7 Å². The molecule has 0 aliphatic heterocycles. The van der Waals surface area contributed by atoms with E-state index in [9.17, 15) is 9.59 Å². The quantitative estimate of drug-likeness (QED) is 0.0342. The molecule has 2 heterocycles. The Labute approximate surface area is 787 Å². The molecule has 14 aromatic carbocycles. The Morgan fingerprint density at radius 2 is 0.520 bits per heavy atom. The molecule has 0 bridgehead atoms. The van der Waals surface area contributed by atoms with Crippen LogP contribution in [0, 0.1) is 11.8 Å². The maximum Gasteiger partial charge on any atom is 0.488 e. The van der Waals surface area contributed by atoms with Crippen molar-refractivity contribution in [3.05, 3.63) is 438 Å². The van der Waals surface area contributed by atoms with E-state index in [-0.39, 0.29) is 44.6 Å². The van der Waals surface area contributed by atoms with Crippen molar-refractivity contribution >= 4 is 158 Å². The van der Waals surface area contributed by atoms with Gasteiger partial charge in [0.2, 0.25) is 0 Å². The summed E-state index contributed by atoms with van der Waals surface area (Å²) < 4.78 is 21.3. The summed E-state index contributed by atoms with van der Waals surface area (Å²) in [7, 11) is 0.0121. The van der Waals surface area contributed by atoms with Crippen LogP contribution in [0.4, 0.5) is 0 Å². The average Bonchev–Trinajstić information content (AvgIpc) is 1.58. The number of methoxy groups -OCH3 is 2. The Morgan fingerprint density at radius 3 is 0.717 bits per heavy atom. The standard InChI is InChI=1S/C18H23NO3S.4C18H15P.C11H16BrNO2S.C7H9BO3.Pd/c1-11(2)10-15-16(18(20)22-12(3)4)19-17(23-15)13-6-8-14(21-5)9-7-13;4*1-4-10-16(11-5-1)19(17-12-6-2-7-13-17)18-14-8-3-9-15-18;1-6(2)5-8-9(13-11(12)16-8)10(14)15-7(3)4;1-11-7-4-2-6(3-5-7)8(9)10;/h6-9,11-12H,10H2,1-5H3;4*1-15H;6-7H,5H2,1-4H3;2-5,9-10H,1H3;. The molecule has 0 spiro atoms. The Bertz CT molecular complexity index is 4880. The zero-order valence-electron chi connectivity index (χ0n) is 73.1. The minimum absolute atomic E-state index is 0. The van der Waals surface area contributed by atoms with Crippen LogP contribution >= 0.6 is 70.3 Å². The summed E-state index contributed by atoms with van der Waals surface area (Å²) in [5.74, 6) is 1.78. The fourth-order valence-corrected chi connectivity index (χ4v) is 25.1. The van der Waals surface area contributed by atoms with Gasteiger partial charge >= 0.3 is 19.1 Å². The van der Waals surface area contributed by atoms with Crippen LogP contribution in [0.15, 0.2) is 416 Å². The molecule has 0 saturated heterocycles. The average molecular weight is 1950 g/mol. The normalized spacial score (nSPS) is 10.6. The van der Waals surface area contributed by atoms with Crippen LogP contribution in [0.1, 0.15) is 86.1 Å². The minimum Gasteiger partial charge on any atom is -0.497 e. The first-order chi connectivity index (χ1) is 61.3. The number of hydrogen-bond donors (Lipinski definition) is 2. The molecule has 2 aromatic heterocycles. The summed E-state index contributed by atoms with van der Waals surface area (Å²) in [5.41, 5.74) is 2.35. The molecule has 0 unspecified atom stereocenters. The summed E-state index contributed by atoms with van der Waals surface area (Å²) >= 11 is 6.37. The second kappa shape index (κ2) is 54.8. The number of thiazole rings is 2. The second-order valence-corrected chi connectivity index (χ2v) is 42.2. The van der Waals surface area contributed by atoms with Crippen molar-refractivity contribution in [3.8, 4) is 22.1 Å². The van der Waals surface area contributed by atoms with E-state index in [2.05, 4.69) is 418 Å². The Hall–Kier alpha value is -10.3. The predicted molar refractivity (Wildman–Crippen MR) is 546 cm³/mol. The van der Waals surface area contributed by atoms with Crippen molar-refractivity contribution in [2.24, 2.45) is 11.8 Å². The summed E-state index contributed by atoms with van der Waals surface area (Å²) in [6, 6.07) is 144. The molecule has 10 nitrogen and oxygen atoms in total. The third-order valence-electron chi connectivity index (χ3n) is 18.6. The molecule has 127 heavy (non-hydrogen) atoms. The molecule has 19 heteroatoms. The van der Waals surface area contributed by atoms with Crippen molar-refractivity contribution in [1.29, 1.82) is 0 Å². The van der Waals surface area contributed by atoms with E-state index in [1.807, 2.05) is 52.0 Å². The van der Waals surface area contributed by atoms with E-state index in [0.29, 0.717) is 34.4 Å². The van der Waals surface area contributed by atoms with Crippen molar-refractivity contribution in [2.75, 3.05) is 14.2 Å². The number of nitrogens with zero attached hydrogens (tertiary/aromatic N) is 2. The van der Waals surface area contributed by atoms with Gasteiger partial charge < -0.3 is 29.0 Å². The van der Waals surface area contributed by atoms with E-state index >= 15 is 0 Å². The van der Waals surface area contributed by atoms with Gasteiger partial charge in [0.15, 0.2) is 15.3 Å².